The third-order valence-corrected chi connectivity index (χ3v) is 3.14. The van der Waals surface area contributed by atoms with Crippen molar-refractivity contribution in [3.63, 3.8) is 0 Å². The monoisotopic (exact) mass is 253 g/mol. The zero-order valence-corrected chi connectivity index (χ0v) is 10.6. The molecule has 2 heterocycles. The van der Waals surface area contributed by atoms with Crippen molar-refractivity contribution in [1.29, 1.82) is 0 Å². The van der Waals surface area contributed by atoms with Crippen molar-refractivity contribution in [2.45, 2.75) is 25.9 Å². The Morgan fingerprint density at radius 3 is 2.78 bits per heavy atom. The SMILES string of the molecule is CC(=O)c1ccc(N2CCC(OCCO)CC2)o1. The van der Waals surface area contributed by atoms with Gasteiger partial charge in [-0.05, 0) is 18.9 Å². The minimum atomic E-state index is -0.0533. The number of carbonyl (C=O) groups excluding carboxylic acids is 1. The minimum Gasteiger partial charge on any atom is -0.437 e. The number of carbonyl (C=O) groups is 1. The number of anilines is 1. The van der Waals surface area contributed by atoms with Gasteiger partial charge in [-0.1, -0.05) is 0 Å². The van der Waals surface area contributed by atoms with E-state index >= 15 is 0 Å². The summed E-state index contributed by atoms with van der Waals surface area (Å²) in [6.45, 7) is 3.67. The van der Waals surface area contributed by atoms with E-state index in [2.05, 4.69) is 4.90 Å². The van der Waals surface area contributed by atoms with E-state index in [4.69, 9.17) is 14.3 Å². The molecule has 0 atom stereocenters. The molecular formula is C13H19NO4. The molecule has 1 N–H and O–H groups in total. The Kier molecular flexibility index (Phi) is 4.38. The quantitative estimate of drug-likeness (QED) is 0.805. The number of ether oxygens (including phenoxy) is 1. The number of piperidine rings is 1. The summed E-state index contributed by atoms with van der Waals surface area (Å²) in [5, 5.41) is 8.70. The van der Waals surface area contributed by atoms with E-state index in [0.717, 1.165) is 31.8 Å². The summed E-state index contributed by atoms with van der Waals surface area (Å²) in [5.41, 5.74) is 0. The number of aliphatic hydroxyl groups excluding tert-OH is 1. The van der Waals surface area contributed by atoms with Crippen LogP contribution in [0.15, 0.2) is 16.5 Å². The molecule has 1 aromatic heterocycles. The number of hydrogen-bond donors (Lipinski definition) is 1. The van der Waals surface area contributed by atoms with Crippen LogP contribution in [-0.2, 0) is 4.74 Å². The molecule has 1 aliphatic rings. The highest BCUT2D eigenvalue weighted by Gasteiger charge is 2.22. The highest BCUT2D eigenvalue weighted by atomic mass is 16.5. The maximum Gasteiger partial charge on any atom is 0.196 e. The van der Waals surface area contributed by atoms with Gasteiger partial charge in [0.1, 0.15) is 0 Å². The molecule has 1 aromatic rings. The Balaban J connectivity index is 1.86. The van der Waals surface area contributed by atoms with Crippen molar-refractivity contribution >= 4 is 11.7 Å². The molecule has 0 amide bonds. The van der Waals surface area contributed by atoms with Gasteiger partial charge in [-0.2, -0.15) is 0 Å². The van der Waals surface area contributed by atoms with E-state index in [0.29, 0.717) is 12.4 Å². The normalized spacial score (nSPS) is 17.1. The first-order valence-electron chi connectivity index (χ1n) is 6.29. The van der Waals surface area contributed by atoms with Crippen LogP contribution < -0.4 is 4.90 Å². The van der Waals surface area contributed by atoms with Crippen molar-refractivity contribution in [1.82, 2.24) is 0 Å². The van der Waals surface area contributed by atoms with E-state index in [1.807, 2.05) is 6.07 Å². The fraction of sp³-hybridized carbons (Fsp3) is 0.615. The van der Waals surface area contributed by atoms with Gasteiger partial charge in [0.25, 0.3) is 0 Å². The molecule has 0 aliphatic carbocycles. The molecule has 1 fully saturated rings. The number of aliphatic hydroxyl groups is 1. The average molecular weight is 253 g/mol. The molecule has 2 rings (SSSR count). The predicted octanol–water partition coefficient (Wildman–Crippen LogP) is 1.46. The Hall–Kier alpha value is -1.33. The Labute approximate surface area is 106 Å². The van der Waals surface area contributed by atoms with Crippen molar-refractivity contribution in [3.8, 4) is 0 Å². The third-order valence-electron chi connectivity index (χ3n) is 3.14. The Morgan fingerprint density at radius 1 is 1.50 bits per heavy atom. The van der Waals surface area contributed by atoms with Gasteiger partial charge in [0.05, 0.1) is 19.3 Å². The van der Waals surface area contributed by atoms with Gasteiger partial charge in [0.2, 0.25) is 0 Å². The topological polar surface area (TPSA) is 62.9 Å². The summed E-state index contributed by atoms with van der Waals surface area (Å²) in [4.78, 5) is 13.3. The van der Waals surface area contributed by atoms with E-state index in [1.165, 1.54) is 6.92 Å². The van der Waals surface area contributed by atoms with Gasteiger partial charge >= 0.3 is 0 Å². The third kappa shape index (κ3) is 3.11. The predicted molar refractivity (Wildman–Crippen MR) is 67.0 cm³/mol. The number of furan rings is 1. The van der Waals surface area contributed by atoms with Crippen LogP contribution in [0.25, 0.3) is 0 Å². The molecule has 0 unspecified atom stereocenters. The summed E-state index contributed by atoms with van der Waals surface area (Å²) in [6, 6.07) is 3.55. The molecule has 100 valence electrons. The van der Waals surface area contributed by atoms with Crippen LogP contribution in [0.1, 0.15) is 30.3 Å². The first-order chi connectivity index (χ1) is 8.70. The Morgan fingerprint density at radius 2 is 2.22 bits per heavy atom. The van der Waals surface area contributed by atoms with E-state index < -0.39 is 0 Å². The van der Waals surface area contributed by atoms with Crippen LogP contribution in [0.3, 0.4) is 0 Å². The van der Waals surface area contributed by atoms with Crippen LogP contribution in [0.5, 0.6) is 0 Å². The van der Waals surface area contributed by atoms with Crippen LogP contribution in [0.4, 0.5) is 5.88 Å². The lowest BCUT2D eigenvalue weighted by Crippen LogP contribution is -2.37. The van der Waals surface area contributed by atoms with Gasteiger partial charge in [-0.25, -0.2) is 0 Å². The van der Waals surface area contributed by atoms with Crippen LogP contribution in [-0.4, -0.2) is 43.3 Å². The van der Waals surface area contributed by atoms with Crippen molar-refractivity contribution in [2.75, 3.05) is 31.2 Å². The summed E-state index contributed by atoms with van der Waals surface area (Å²) in [7, 11) is 0. The zero-order valence-electron chi connectivity index (χ0n) is 10.6. The van der Waals surface area contributed by atoms with Gasteiger partial charge in [0.15, 0.2) is 17.4 Å². The second-order valence-electron chi connectivity index (χ2n) is 4.47. The zero-order chi connectivity index (χ0) is 13.0. The van der Waals surface area contributed by atoms with E-state index in [9.17, 15) is 4.79 Å². The summed E-state index contributed by atoms with van der Waals surface area (Å²) >= 11 is 0. The smallest absolute Gasteiger partial charge is 0.196 e. The van der Waals surface area contributed by atoms with E-state index in [-0.39, 0.29) is 18.5 Å². The lowest BCUT2D eigenvalue weighted by Gasteiger charge is -2.31. The Bertz CT molecular complexity index is 393. The fourth-order valence-electron chi connectivity index (χ4n) is 2.15. The lowest BCUT2D eigenvalue weighted by atomic mass is 10.1. The summed E-state index contributed by atoms with van der Waals surface area (Å²) < 4.78 is 11.0. The molecular weight excluding hydrogens is 234 g/mol. The molecule has 0 spiro atoms. The number of rotatable bonds is 5. The van der Waals surface area contributed by atoms with Crippen molar-refractivity contribution in [3.05, 3.63) is 17.9 Å². The number of Topliss-reactive ketones (excluding diaryl/α,β-unsaturated/α-hetero) is 1. The van der Waals surface area contributed by atoms with Gasteiger partial charge in [0, 0.05) is 26.1 Å². The lowest BCUT2D eigenvalue weighted by molar-refractivity contribution is 0.0155. The molecule has 1 saturated heterocycles. The molecule has 18 heavy (non-hydrogen) atoms. The summed E-state index contributed by atoms with van der Waals surface area (Å²) in [5.74, 6) is 1.10. The molecule has 0 bridgehead atoms. The van der Waals surface area contributed by atoms with Crippen LogP contribution in [0, 0.1) is 0 Å². The molecule has 0 saturated carbocycles. The average Bonchev–Trinajstić information content (AvgIpc) is 2.87. The molecule has 1 aliphatic heterocycles. The van der Waals surface area contributed by atoms with Crippen LogP contribution in [0.2, 0.25) is 0 Å². The number of nitrogens with zero attached hydrogens (tertiary/aromatic N) is 1. The molecule has 0 aromatic carbocycles. The van der Waals surface area contributed by atoms with Crippen molar-refractivity contribution < 1.29 is 19.1 Å². The van der Waals surface area contributed by atoms with E-state index in [1.54, 1.807) is 6.07 Å². The first-order valence-corrected chi connectivity index (χ1v) is 6.29. The van der Waals surface area contributed by atoms with Gasteiger partial charge < -0.3 is 19.2 Å². The van der Waals surface area contributed by atoms with Gasteiger partial charge in [-0.15, -0.1) is 0 Å². The number of hydrogen-bond acceptors (Lipinski definition) is 5. The molecule has 0 radical (unpaired) electrons. The standard InChI is InChI=1S/C13H19NO4/c1-10(16)12-2-3-13(18-12)14-6-4-11(5-7-14)17-9-8-15/h2-3,11,15H,4-9H2,1H3. The molecule has 5 heteroatoms. The van der Waals surface area contributed by atoms with Crippen LogP contribution >= 0.6 is 0 Å². The van der Waals surface area contributed by atoms with Crippen molar-refractivity contribution in [2.24, 2.45) is 0 Å². The second-order valence-corrected chi connectivity index (χ2v) is 4.47. The highest BCUT2D eigenvalue weighted by molar-refractivity contribution is 5.91. The minimum absolute atomic E-state index is 0.0533. The second kappa shape index (κ2) is 6.02. The summed E-state index contributed by atoms with van der Waals surface area (Å²) in [6.07, 6.45) is 2.04. The first kappa shape index (κ1) is 13.1. The maximum atomic E-state index is 11.2. The number of ketones is 1. The highest BCUT2D eigenvalue weighted by Crippen LogP contribution is 2.23. The largest absolute Gasteiger partial charge is 0.437 e. The van der Waals surface area contributed by atoms with Gasteiger partial charge in [-0.3, -0.25) is 4.79 Å². The fourth-order valence-corrected chi connectivity index (χ4v) is 2.15. The molecule has 5 nitrogen and oxygen atoms in total. The maximum absolute atomic E-state index is 11.2.